The van der Waals surface area contributed by atoms with Crippen LogP contribution < -0.4 is 14.2 Å². The van der Waals surface area contributed by atoms with Gasteiger partial charge < -0.3 is 24.2 Å². The minimum absolute atomic E-state index is 0.0366. The fraction of sp³-hybridized carbons (Fsp3) is 0.200. The summed E-state index contributed by atoms with van der Waals surface area (Å²) in [6, 6.07) is 21.1. The molecule has 1 saturated heterocycles. The first-order chi connectivity index (χ1) is 18.1. The van der Waals surface area contributed by atoms with Crippen molar-refractivity contribution in [1.29, 1.82) is 0 Å². The predicted molar refractivity (Wildman–Crippen MR) is 139 cm³/mol. The quantitative estimate of drug-likeness (QED) is 0.210. The molecule has 2 heterocycles. The number of likely N-dealkylation sites (tertiary alicyclic amines) is 1. The van der Waals surface area contributed by atoms with Crippen LogP contribution in [0.1, 0.15) is 22.7 Å². The molecule has 1 amide bonds. The minimum atomic E-state index is -0.759. The van der Waals surface area contributed by atoms with E-state index in [0.717, 1.165) is 5.56 Å². The lowest BCUT2D eigenvalue weighted by atomic mass is 9.95. The highest BCUT2D eigenvalue weighted by atomic mass is 16.6. The first-order valence-corrected chi connectivity index (χ1v) is 12.1. The number of ketones is 1. The van der Waals surface area contributed by atoms with Crippen molar-refractivity contribution in [2.24, 2.45) is 0 Å². The molecule has 1 N–H and O–H groups in total. The number of carbonyl (C=O) groups excluding carboxylic acids is 2. The van der Waals surface area contributed by atoms with Gasteiger partial charge in [-0.1, -0.05) is 55.1 Å². The molecule has 2 aliphatic rings. The van der Waals surface area contributed by atoms with Crippen molar-refractivity contribution in [2.75, 3.05) is 26.4 Å². The van der Waals surface area contributed by atoms with Gasteiger partial charge in [0.25, 0.3) is 11.7 Å². The molecular formula is C30H27NO6. The molecule has 0 saturated carbocycles. The average Bonchev–Trinajstić information content (AvgIpc) is 3.20. The summed E-state index contributed by atoms with van der Waals surface area (Å²) in [7, 11) is 0. The zero-order chi connectivity index (χ0) is 25.8. The Balaban J connectivity index is 1.55. The highest BCUT2D eigenvalue weighted by molar-refractivity contribution is 6.46. The molecule has 0 aromatic heterocycles. The van der Waals surface area contributed by atoms with Gasteiger partial charge in [0, 0.05) is 12.1 Å². The largest absolute Gasteiger partial charge is 0.507 e. The normalized spacial score (nSPS) is 18.1. The number of aliphatic hydroxyl groups excluding tert-OH is 1. The van der Waals surface area contributed by atoms with Crippen LogP contribution in [-0.4, -0.2) is 48.1 Å². The third kappa shape index (κ3) is 4.93. The number of aliphatic hydroxyl groups is 1. The molecule has 37 heavy (non-hydrogen) atoms. The molecule has 0 unspecified atom stereocenters. The summed E-state index contributed by atoms with van der Waals surface area (Å²) in [5, 5.41) is 11.4. The first-order valence-electron chi connectivity index (χ1n) is 12.1. The lowest BCUT2D eigenvalue weighted by molar-refractivity contribution is -0.139. The van der Waals surface area contributed by atoms with Crippen LogP contribution in [0.5, 0.6) is 17.2 Å². The number of rotatable bonds is 8. The lowest BCUT2D eigenvalue weighted by Crippen LogP contribution is -2.31. The SMILES string of the molecule is C=CCOc1ccc([C@H]2/C(=C(\O)c3ccc4c(c3)OCCO4)C(=O)C(=O)N2CCc2ccccc2)cc1. The number of ether oxygens (including phenoxy) is 3. The number of fused-ring (bicyclic) bond motifs is 1. The second-order valence-corrected chi connectivity index (χ2v) is 8.76. The fourth-order valence-electron chi connectivity index (χ4n) is 4.60. The van der Waals surface area contributed by atoms with Crippen LogP contribution in [-0.2, 0) is 16.0 Å². The molecule has 3 aromatic rings. The van der Waals surface area contributed by atoms with Crippen LogP contribution in [0, 0.1) is 0 Å². The Morgan fingerprint density at radius 1 is 1.00 bits per heavy atom. The summed E-state index contributed by atoms with van der Waals surface area (Å²) in [5.74, 6) is 0.0577. The molecule has 7 nitrogen and oxygen atoms in total. The van der Waals surface area contributed by atoms with Gasteiger partial charge in [0.1, 0.15) is 31.3 Å². The summed E-state index contributed by atoms with van der Waals surface area (Å²) in [4.78, 5) is 28.1. The third-order valence-corrected chi connectivity index (χ3v) is 6.40. The second kappa shape index (κ2) is 10.6. The summed E-state index contributed by atoms with van der Waals surface area (Å²) in [6.07, 6.45) is 2.22. The van der Waals surface area contributed by atoms with Gasteiger partial charge in [-0.15, -0.1) is 0 Å². The van der Waals surface area contributed by atoms with Crippen molar-refractivity contribution >= 4 is 17.4 Å². The monoisotopic (exact) mass is 497 g/mol. The van der Waals surface area contributed by atoms with Gasteiger partial charge in [0.2, 0.25) is 0 Å². The van der Waals surface area contributed by atoms with Crippen LogP contribution >= 0.6 is 0 Å². The Hall–Kier alpha value is -4.52. The van der Waals surface area contributed by atoms with Crippen molar-refractivity contribution in [2.45, 2.75) is 12.5 Å². The number of Topliss-reactive ketones (excluding diaryl/α,β-unsaturated/α-hetero) is 1. The van der Waals surface area contributed by atoms with Crippen molar-refractivity contribution < 1.29 is 28.9 Å². The summed E-state index contributed by atoms with van der Waals surface area (Å²) < 4.78 is 16.8. The van der Waals surface area contributed by atoms with Crippen LogP contribution in [0.3, 0.4) is 0 Å². The molecule has 3 aromatic carbocycles. The molecule has 0 spiro atoms. The van der Waals surface area contributed by atoms with E-state index in [-0.39, 0.29) is 11.3 Å². The van der Waals surface area contributed by atoms with Crippen LogP contribution in [0.15, 0.2) is 91.0 Å². The molecule has 0 aliphatic carbocycles. The van der Waals surface area contributed by atoms with Gasteiger partial charge in [-0.05, 0) is 47.9 Å². The average molecular weight is 498 g/mol. The van der Waals surface area contributed by atoms with Crippen molar-refractivity contribution in [3.05, 3.63) is 108 Å². The molecule has 1 atom stereocenters. The van der Waals surface area contributed by atoms with Gasteiger partial charge in [0.15, 0.2) is 11.5 Å². The summed E-state index contributed by atoms with van der Waals surface area (Å²) >= 11 is 0. The Morgan fingerprint density at radius 3 is 2.46 bits per heavy atom. The Bertz CT molecular complexity index is 1350. The van der Waals surface area contributed by atoms with Gasteiger partial charge >= 0.3 is 0 Å². The first kappa shape index (κ1) is 24.2. The number of benzene rings is 3. The van der Waals surface area contributed by atoms with E-state index >= 15 is 0 Å². The molecule has 7 heteroatoms. The van der Waals surface area contributed by atoms with E-state index in [4.69, 9.17) is 14.2 Å². The number of carbonyl (C=O) groups is 2. The molecule has 1 fully saturated rings. The molecule has 0 bridgehead atoms. The standard InChI is InChI=1S/C30H27NO6/c1-2-16-35-23-11-8-21(9-12-23)27-26(28(32)22-10-13-24-25(19-22)37-18-17-36-24)29(33)30(34)31(27)15-14-20-6-4-3-5-7-20/h2-13,19,27,32H,1,14-18H2/b28-26+/t27-/m0/s1. The second-order valence-electron chi connectivity index (χ2n) is 8.76. The maximum atomic E-state index is 13.3. The Morgan fingerprint density at radius 2 is 1.73 bits per heavy atom. The van der Waals surface area contributed by atoms with E-state index in [0.29, 0.717) is 61.2 Å². The maximum absolute atomic E-state index is 13.3. The van der Waals surface area contributed by atoms with E-state index in [2.05, 4.69) is 6.58 Å². The van der Waals surface area contributed by atoms with Crippen molar-refractivity contribution in [1.82, 2.24) is 4.90 Å². The lowest BCUT2D eigenvalue weighted by Gasteiger charge is -2.26. The van der Waals surface area contributed by atoms with Gasteiger partial charge in [-0.2, -0.15) is 0 Å². The molecule has 0 radical (unpaired) electrons. The topological polar surface area (TPSA) is 85.3 Å². The smallest absolute Gasteiger partial charge is 0.295 e. The number of hydrogen-bond acceptors (Lipinski definition) is 6. The van der Waals surface area contributed by atoms with E-state index in [1.165, 1.54) is 4.90 Å². The third-order valence-electron chi connectivity index (χ3n) is 6.40. The Labute approximate surface area is 215 Å². The van der Waals surface area contributed by atoms with Crippen molar-refractivity contribution in [3.63, 3.8) is 0 Å². The zero-order valence-corrected chi connectivity index (χ0v) is 20.3. The number of nitrogens with zero attached hydrogens (tertiary/aromatic N) is 1. The van der Waals surface area contributed by atoms with Crippen LogP contribution in [0.2, 0.25) is 0 Å². The summed E-state index contributed by atoms with van der Waals surface area (Å²) in [6.45, 7) is 5.16. The van der Waals surface area contributed by atoms with Gasteiger partial charge in [-0.25, -0.2) is 0 Å². The van der Waals surface area contributed by atoms with Crippen molar-refractivity contribution in [3.8, 4) is 17.2 Å². The molecular weight excluding hydrogens is 470 g/mol. The highest BCUT2D eigenvalue weighted by Crippen LogP contribution is 2.41. The minimum Gasteiger partial charge on any atom is -0.507 e. The predicted octanol–water partition coefficient (Wildman–Crippen LogP) is 4.69. The maximum Gasteiger partial charge on any atom is 0.295 e. The Kier molecular flexibility index (Phi) is 6.94. The fourth-order valence-corrected chi connectivity index (χ4v) is 4.60. The molecule has 2 aliphatic heterocycles. The van der Waals surface area contributed by atoms with E-state index in [9.17, 15) is 14.7 Å². The number of amides is 1. The number of hydrogen-bond donors (Lipinski definition) is 1. The molecule has 5 rings (SSSR count). The van der Waals surface area contributed by atoms with E-state index < -0.39 is 17.7 Å². The van der Waals surface area contributed by atoms with Crippen LogP contribution in [0.4, 0.5) is 0 Å². The molecule has 188 valence electrons. The zero-order valence-electron chi connectivity index (χ0n) is 20.3. The summed E-state index contributed by atoms with van der Waals surface area (Å²) in [5.41, 5.74) is 2.15. The van der Waals surface area contributed by atoms with E-state index in [1.807, 2.05) is 42.5 Å². The highest BCUT2D eigenvalue weighted by Gasteiger charge is 2.46. The van der Waals surface area contributed by atoms with Gasteiger partial charge in [-0.3, -0.25) is 9.59 Å². The van der Waals surface area contributed by atoms with Gasteiger partial charge in [0.05, 0.1) is 11.6 Å². The van der Waals surface area contributed by atoms with Crippen LogP contribution in [0.25, 0.3) is 5.76 Å². The van der Waals surface area contributed by atoms with E-state index in [1.54, 1.807) is 36.4 Å².